The maximum atomic E-state index is 12.3. The van der Waals surface area contributed by atoms with Crippen molar-refractivity contribution in [1.82, 2.24) is 10.2 Å². The fraction of sp³-hybridized carbons (Fsp3) is 0.643. The lowest BCUT2D eigenvalue weighted by molar-refractivity contribution is -0.134. The summed E-state index contributed by atoms with van der Waals surface area (Å²) < 4.78 is 0. The average Bonchev–Trinajstić information content (AvgIpc) is 2.96. The minimum atomic E-state index is 0.0152. The van der Waals surface area contributed by atoms with Gasteiger partial charge in [0.15, 0.2) is 0 Å². The SMILES string of the molecule is CNCC1(C)CCCN1C(=O)CCc1cccs1. The second-order valence-corrected chi connectivity index (χ2v) is 6.29. The Kier molecular flexibility index (Phi) is 4.40. The Morgan fingerprint density at radius 3 is 3.11 bits per heavy atom. The lowest BCUT2D eigenvalue weighted by atomic mass is 9.98. The Balaban J connectivity index is 1.91. The van der Waals surface area contributed by atoms with E-state index in [0.29, 0.717) is 12.3 Å². The predicted octanol–water partition coefficient (Wildman–Crippen LogP) is 2.28. The molecule has 0 radical (unpaired) electrons. The van der Waals surface area contributed by atoms with Crippen LogP contribution >= 0.6 is 11.3 Å². The fourth-order valence-corrected chi connectivity index (χ4v) is 3.54. The minimum Gasteiger partial charge on any atom is -0.336 e. The number of carbonyl (C=O) groups excluding carboxylic acids is 1. The molecule has 1 amide bonds. The van der Waals surface area contributed by atoms with Gasteiger partial charge >= 0.3 is 0 Å². The van der Waals surface area contributed by atoms with Gasteiger partial charge in [0, 0.05) is 24.4 Å². The summed E-state index contributed by atoms with van der Waals surface area (Å²) in [4.78, 5) is 15.7. The number of hydrogen-bond donors (Lipinski definition) is 1. The first-order valence-electron chi connectivity index (χ1n) is 6.63. The van der Waals surface area contributed by atoms with E-state index < -0.39 is 0 Å². The number of amides is 1. The van der Waals surface area contributed by atoms with Gasteiger partial charge in [-0.2, -0.15) is 0 Å². The zero-order valence-electron chi connectivity index (χ0n) is 11.2. The van der Waals surface area contributed by atoms with E-state index in [0.717, 1.165) is 32.4 Å². The van der Waals surface area contributed by atoms with Crippen molar-refractivity contribution in [2.24, 2.45) is 0 Å². The molecule has 100 valence electrons. The van der Waals surface area contributed by atoms with Crippen LogP contribution in [0.4, 0.5) is 0 Å². The third kappa shape index (κ3) is 2.93. The fourth-order valence-electron chi connectivity index (χ4n) is 2.83. The Hall–Kier alpha value is -0.870. The monoisotopic (exact) mass is 266 g/mol. The third-order valence-electron chi connectivity index (χ3n) is 3.77. The Labute approximate surface area is 113 Å². The van der Waals surface area contributed by atoms with Crippen molar-refractivity contribution in [3.63, 3.8) is 0 Å². The van der Waals surface area contributed by atoms with Crippen LogP contribution in [0.5, 0.6) is 0 Å². The molecule has 0 aromatic carbocycles. The first-order valence-corrected chi connectivity index (χ1v) is 7.51. The van der Waals surface area contributed by atoms with Gasteiger partial charge in [0.2, 0.25) is 5.91 Å². The van der Waals surface area contributed by atoms with Gasteiger partial charge in [-0.15, -0.1) is 11.3 Å². The molecule has 18 heavy (non-hydrogen) atoms. The zero-order valence-corrected chi connectivity index (χ0v) is 12.1. The number of aryl methyl sites for hydroxylation is 1. The number of nitrogens with zero attached hydrogens (tertiary/aromatic N) is 1. The lowest BCUT2D eigenvalue weighted by Gasteiger charge is -2.35. The van der Waals surface area contributed by atoms with Crippen molar-refractivity contribution in [1.29, 1.82) is 0 Å². The number of hydrogen-bond acceptors (Lipinski definition) is 3. The molecule has 3 nitrogen and oxygen atoms in total. The molecule has 0 saturated carbocycles. The molecule has 1 aliphatic heterocycles. The highest BCUT2D eigenvalue weighted by atomic mass is 32.1. The van der Waals surface area contributed by atoms with Crippen molar-refractivity contribution < 1.29 is 4.79 Å². The summed E-state index contributed by atoms with van der Waals surface area (Å²) in [5.41, 5.74) is 0.0152. The largest absolute Gasteiger partial charge is 0.336 e. The number of likely N-dealkylation sites (N-methyl/N-ethyl adjacent to an activating group) is 1. The third-order valence-corrected chi connectivity index (χ3v) is 4.71. The van der Waals surface area contributed by atoms with Gasteiger partial charge in [-0.3, -0.25) is 4.79 Å². The summed E-state index contributed by atoms with van der Waals surface area (Å²) in [7, 11) is 1.96. The van der Waals surface area contributed by atoms with E-state index in [1.54, 1.807) is 11.3 Å². The predicted molar refractivity (Wildman–Crippen MR) is 75.9 cm³/mol. The Bertz CT molecular complexity index is 391. The normalized spacial score (nSPS) is 23.6. The van der Waals surface area contributed by atoms with Crippen molar-refractivity contribution >= 4 is 17.2 Å². The van der Waals surface area contributed by atoms with Crippen LogP contribution in [0.1, 0.15) is 31.1 Å². The summed E-state index contributed by atoms with van der Waals surface area (Å²) in [5.74, 6) is 0.304. The lowest BCUT2D eigenvalue weighted by Crippen LogP contribution is -2.50. The Morgan fingerprint density at radius 1 is 1.61 bits per heavy atom. The van der Waals surface area contributed by atoms with Crippen LogP contribution in [0.15, 0.2) is 17.5 Å². The molecule has 1 N–H and O–H groups in total. The average molecular weight is 266 g/mol. The van der Waals surface area contributed by atoms with Crippen LogP contribution < -0.4 is 5.32 Å². The summed E-state index contributed by atoms with van der Waals surface area (Å²) in [6, 6.07) is 4.15. The summed E-state index contributed by atoms with van der Waals surface area (Å²) >= 11 is 1.73. The quantitative estimate of drug-likeness (QED) is 0.887. The first kappa shape index (κ1) is 13.6. The minimum absolute atomic E-state index is 0.0152. The highest BCUT2D eigenvalue weighted by Gasteiger charge is 2.38. The molecule has 1 aromatic rings. The Morgan fingerprint density at radius 2 is 2.44 bits per heavy atom. The molecule has 2 rings (SSSR count). The second-order valence-electron chi connectivity index (χ2n) is 5.26. The van der Waals surface area contributed by atoms with Crippen molar-refractivity contribution in [3.8, 4) is 0 Å². The van der Waals surface area contributed by atoms with Crippen LogP contribution in [0.3, 0.4) is 0 Å². The van der Waals surface area contributed by atoms with Gasteiger partial charge in [0.1, 0.15) is 0 Å². The van der Waals surface area contributed by atoms with Gasteiger partial charge in [-0.1, -0.05) is 6.07 Å². The molecule has 0 spiro atoms. The summed E-state index contributed by atoms with van der Waals surface area (Å²) in [6.07, 6.45) is 3.75. The molecule has 0 aliphatic carbocycles. The summed E-state index contributed by atoms with van der Waals surface area (Å²) in [5, 5.41) is 5.28. The molecule has 1 atom stereocenters. The topological polar surface area (TPSA) is 32.3 Å². The zero-order chi connectivity index (χ0) is 13.0. The van der Waals surface area contributed by atoms with Crippen LogP contribution in [-0.2, 0) is 11.2 Å². The van der Waals surface area contributed by atoms with Crippen LogP contribution in [0.2, 0.25) is 0 Å². The van der Waals surface area contributed by atoms with E-state index in [4.69, 9.17) is 0 Å². The van der Waals surface area contributed by atoms with E-state index in [2.05, 4.69) is 28.6 Å². The maximum Gasteiger partial charge on any atom is 0.223 e. The van der Waals surface area contributed by atoms with E-state index in [9.17, 15) is 4.79 Å². The first-order chi connectivity index (χ1) is 8.65. The van der Waals surface area contributed by atoms with Crippen molar-refractivity contribution in [2.75, 3.05) is 20.1 Å². The summed E-state index contributed by atoms with van der Waals surface area (Å²) in [6.45, 7) is 4.00. The molecular weight excluding hydrogens is 244 g/mol. The van der Waals surface area contributed by atoms with E-state index in [1.165, 1.54) is 4.88 Å². The number of carbonyl (C=O) groups is 1. The van der Waals surface area contributed by atoms with E-state index in [1.807, 2.05) is 13.1 Å². The van der Waals surface area contributed by atoms with E-state index >= 15 is 0 Å². The van der Waals surface area contributed by atoms with Crippen molar-refractivity contribution in [3.05, 3.63) is 22.4 Å². The molecule has 2 heterocycles. The highest BCUT2D eigenvalue weighted by molar-refractivity contribution is 7.09. The number of likely N-dealkylation sites (tertiary alicyclic amines) is 1. The molecule has 1 saturated heterocycles. The van der Waals surface area contributed by atoms with Crippen LogP contribution in [0.25, 0.3) is 0 Å². The molecular formula is C14H22N2OS. The van der Waals surface area contributed by atoms with Gasteiger partial charge in [0.25, 0.3) is 0 Å². The number of nitrogens with one attached hydrogen (secondary N) is 1. The van der Waals surface area contributed by atoms with Gasteiger partial charge < -0.3 is 10.2 Å². The second kappa shape index (κ2) is 5.85. The van der Waals surface area contributed by atoms with Gasteiger partial charge in [-0.05, 0) is 44.7 Å². The number of rotatable bonds is 5. The molecule has 4 heteroatoms. The molecule has 1 unspecified atom stereocenters. The van der Waals surface area contributed by atoms with Crippen LogP contribution in [-0.4, -0.2) is 36.5 Å². The number of thiophene rings is 1. The van der Waals surface area contributed by atoms with Gasteiger partial charge in [0.05, 0.1) is 5.54 Å². The molecule has 1 aliphatic rings. The standard InChI is InChI=1S/C14H22N2OS/c1-14(11-15-2)8-4-9-16(14)13(17)7-6-12-5-3-10-18-12/h3,5,10,15H,4,6-9,11H2,1-2H3. The maximum absolute atomic E-state index is 12.3. The highest BCUT2D eigenvalue weighted by Crippen LogP contribution is 2.29. The van der Waals surface area contributed by atoms with Crippen molar-refractivity contribution in [2.45, 2.75) is 38.1 Å². The van der Waals surface area contributed by atoms with E-state index in [-0.39, 0.29) is 5.54 Å². The smallest absolute Gasteiger partial charge is 0.223 e. The van der Waals surface area contributed by atoms with Gasteiger partial charge in [-0.25, -0.2) is 0 Å². The van der Waals surface area contributed by atoms with Crippen LogP contribution in [0, 0.1) is 0 Å². The molecule has 1 fully saturated rings. The molecule has 0 bridgehead atoms. The molecule has 1 aromatic heterocycles.